The fourth-order valence-corrected chi connectivity index (χ4v) is 5.55. The lowest BCUT2D eigenvalue weighted by molar-refractivity contribution is 0.0594. The molecule has 6 nitrogen and oxygen atoms in total. The summed E-state index contributed by atoms with van der Waals surface area (Å²) in [6, 6.07) is 13.3. The third kappa shape index (κ3) is 3.56. The molecule has 174 valence electrons. The molecule has 2 aliphatic carbocycles. The van der Waals surface area contributed by atoms with Gasteiger partial charge in [0.15, 0.2) is 5.78 Å². The number of benzene rings is 2. The number of nitriles is 1. The average molecular weight is 456 g/mol. The van der Waals surface area contributed by atoms with Crippen molar-refractivity contribution in [1.82, 2.24) is 9.80 Å². The van der Waals surface area contributed by atoms with E-state index in [1.54, 1.807) is 19.2 Å². The van der Waals surface area contributed by atoms with Crippen LogP contribution in [-0.2, 0) is 16.6 Å². The summed E-state index contributed by atoms with van der Waals surface area (Å²) in [6.45, 7) is 8.89. The zero-order valence-electron chi connectivity index (χ0n) is 20.0. The first-order chi connectivity index (χ1) is 16.3. The van der Waals surface area contributed by atoms with Gasteiger partial charge in [-0.1, -0.05) is 19.9 Å². The Kier molecular flexibility index (Phi) is 5.63. The third-order valence-corrected chi connectivity index (χ3v) is 7.61. The van der Waals surface area contributed by atoms with Crippen molar-refractivity contribution in [3.05, 3.63) is 75.4 Å². The molecule has 2 aromatic rings. The van der Waals surface area contributed by atoms with E-state index in [0.29, 0.717) is 42.8 Å². The number of amides is 1. The molecule has 0 radical (unpaired) electrons. The first-order valence-electron chi connectivity index (χ1n) is 11.8. The van der Waals surface area contributed by atoms with Crippen molar-refractivity contribution in [3.8, 4) is 6.07 Å². The zero-order chi connectivity index (χ0) is 24.0. The number of carbonyl (C=O) groups is 2. The Hall–Kier alpha value is -3.27. The van der Waals surface area contributed by atoms with Crippen LogP contribution in [0.1, 0.15) is 56.8 Å². The minimum atomic E-state index is -0.389. The van der Waals surface area contributed by atoms with Crippen molar-refractivity contribution in [2.45, 2.75) is 25.7 Å². The first kappa shape index (κ1) is 22.5. The van der Waals surface area contributed by atoms with Gasteiger partial charge in [-0.15, -0.1) is 0 Å². The van der Waals surface area contributed by atoms with Crippen LogP contribution in [0.15, 0.2) is 42.0 Å². The lowest BCUT2D eigenvalue weighted by Gasteiger charge is -2.36. The zero-order valence-corrected chi connectivity index (χ0v) is 20.0. The molecule has 34 heavy (non-hydrogen) atoms. The minimum Gasteiger partial charge on any atom is -0.383 e. The Morgan fingerprint density at radius 3 is 2.53 bits per heavy atom. The highest BCUT2D eigenvalue weighted by Gasteiger charge is 2.43. The number of hydrogen-bond acceptors (Lipinski definition) is 5. The van der Waals surface area contributed by atoms with Crippen molar-refractivity contribution >= 4 is 17.3 Å². The van der Waals surface area contributed by atoms with Gasteiger partial charge in [-0.3, -0.25) is 14.5 Å². The van der Waals surface area contributed by atoms with E-state index in [2.05, 4.69) is 24.8 Å². The summed E-state index contributed by atoms with van der Waals surface area (Å²) < 4.78 is 5.16. The molecule has 1 aliphatic heterocycles. The van der Waals surface area contributed by atoms with Gasteiger partial charge in [0, 0.05) is 61.9 Å². The fraction of sp³-hybridized carbons (Fsp3) is 0.393. The number of allylic oxidation sites excluding steroid dienone is 2. The molecule has 3 aliphatic rings. The van der Waals surface area contributed by atoms with E-state index in [-0.39, 0.29) is 17.1 Å². The van der Waals surface area contributed by atoms with Gasteiger partial charge in [0.2, 0.25) is 0 Å². The van der Waals surface area contributed by atoms with Crippen LogP contribution in [0, 0.1) is 11.3 Å². The van der Waals surface area contributed by atoms with E-state index in [4.69, 9.17) is 4.74 Å². The van der Waals surface area contributed by atoms with E-state index >= 15 is 0 Å². The molecule has 0 bridgehead atoms. The number of hydrogen-bond donors (Lipinski definition) is 0. The van der Waals surface area contributed by atoms with Crippen molar-refractivity contribution in [2.75, 3.05) is 46.4 Å². The maximum atomic E-state index is 13.6. The fourth-order valence-electron chi connectivity index (χ4n) is 5.55. The maximum absolute atomic E-state index is 13.6. The quantitative estimate of drug-likeness (QED) is 0.706. The molecular weight excluding hydrogens is 426 g/mol. The number of fused-ring (bicyclic) bond motifs is 3. The maximum Gasteiger partial charge on any atom is 0.253 e. The second-order valence-electron chi connectivity index (χ2n) is 9.86. The van der Waals surface area contributed by atoms with Gasteiger partial charge >= 0.3 is 0 Å². The van der Waals surface area contributed by atoms with Crippen molar-refractivity contribution in [2.24, 2.45) is 0 Å². The molecule has 1 amide bonds. The average Bonchev–Trinajstić information content (AvgIpc) is 3.26. The van der Waals surface area contributed by atoms with E-state index < -0.39 is 0 Å². The Labute approximate surface area is 200 Å². The second-order valence-corrected chi connectivity index (χ2v) is 9.86. The molecule has 2 aromatic carbocycles. The van der Waals surface area contributed by atoms with Crippen LogP contribution in [0.4, 0.5) is 0 Å². The molecule has 6 heteroatoms. The number of piperazine rings is 1. The highest BCUT2D eigenvalue weighted by atomic mass is 16.5. The highest BCUT2D eigenvalue weighted by Crippen LogP contribution is 2.50. The minimum absolute atomic E-state index is 0.0125. The number of ketones is 1. The molecular formula is C28H29N3O3. The molecule has 1 heterocycles. The summed E-state index contributed by atoms with van der Waals surface area (Å²) in [5.41, 5.74) is 6.24. The lowest BCUT2D eigenvalue weighted by atomic mass is 9.68. The number of rotatable bonds is 4. The molecule has 0 N–H and O–H groups in total. The number of Topliss-reactive ketones (excluding diaryl/α,β-unsaturated/α-hetero) is 1. The molecule has 0 spiro atoms. The van der Waals surface area contributed by atoms with Crippen LogP contribution in [0.2, 0.25) is 0 Å². The summed E-state index contributed by atoms with van der Waals surface area (Å²) in [5.74, 6) is 0.0316. The normalized spacial score (nSPS) is 18.9. The smallest absolute Gasteiger partial charge is 0.253 e. The van der Waals surface area contributed by atoms with Crippen molar-refractivity contribution in [3.63, 3.8) is 0 Å². The molecule has 1 fully saturated rings. The summed E-state index contributed by atoms with van der Waals surface area (Å²) in [4.78, 5) is 31.1. The predicted octanol–water partition coefficient (Wildman–Crippen LogP) is 3.45. The van der Waals surface area contributed by atoms with Gasteiger partial charge in [-0.25, -0.2) is 0 Å². The molecule has 0 saturated carbocycles. The molecule has 1 saturated heterocycles. The summed E-state index contributed by atoms with van der Waals surface area (Å²) in [5, 5.41) is 9.29. The standard InChI is InChI=1S/C28H29N3O3/c1-28(2)23-15-19(27(33)31-10-8-30(9-11-31)12-13-34-3)5-7-22(23)26(32)25-21-6-4-18(17-29)14-20(21)16-24(25)28/h4-7,14-15H,8-13,16H2,1-3H3. The Morgan fingerprint density at radius 2 is 1.82 bits per heavy atom. The summed E-state index contributed by atoms with van der Waals surface area (Å²) >= 11 is 0. The van der Waals surface area contributed by atoms with Gasteiger partial charge in [0.1, 0.15) is 0 Å². The molecule has 0 aromatic heterocycles. The Bertz CT molecular complexity index is 1260. The van der Waals surface area contributed by atoms with Crippen LogP contribution in [0.5, 0.6) is 0 Å². The number of nitrogens with zero attached hydrogens (tertiary/aromatic N) is 3. The van der Waals surface area contributed by atoms with E-state index in [0.717, 1.165) is 47.5 Å². The van der Waals surface area contributed by atoms with Gasteiger partial charge in [-0.2, -0.15) is 5.26 Å². The predicted molar refractivity (Wildman–Crippen MR) is 130 cm³/mol. The lowest BCUT2D eigenvalue weighted by Crippen LogP contribution is -2.49. The van der Waals surface area contributed by atoms with E-state index in [9.17, 15) is 14.9 Å². The van der Waals surface area contributed by atoms with Crippen molar-refractivity contribution in [1.29, 1.82) is 5.26 Å². The van der Waals surface area contributed by atoms with Crippen LogP contribution in [0.3, 0.4) is 0 Å². The molecule has 5 rings (SSSR count). The Morgan fingerprint density at radius 1 is 1.09 bits per heavy atom. The highest BCUT2D eigenvalue weighted by molar-refractivity contribution is 6.33. The van der Waals surface area contributed by atoms with Crippen molar-refractivity contribution < 1.29 is 14.3 Å². The van der Waals surface area contributed by atoms with Gasteiger partial charge in [0.05, 0.1) is 18.2 Å². The SMILES string of the molecule is COCCN1CCN(C(=O)c2ccc3c(c2)C(C)(C)C2=C(C3=O)c3ccc(C#N)cc3C2)CC1. The summed E-state index contributed by atoms with van der Waals surface area (Å²) in [6.07, 6.45) is 0.653. The monoisotopic (exact) mass is 455 g/mol. The number of methoxy groups -OCH3 is 1. The largest absolute Gasteiger partial charge is 0.383 e. The van der Waals surface area contributed by atoms with E-state index in [1.807, 2.05) is 29.2 Å². The number of carbonyl (C=O) groups excluding carboxylic acids is 2. The van der Waals surface area contributed by atoms with Crippen LogP contribution in [-0.4, -0.2) is 67.9 Å². The van der Waals surface area contributed by atoms with Crippen LogP contribution >= 0.6 is 0 Å². The van der Waals surface area contributed by atoms with Gasteiger partial charge in [0.25, 0.3) is 5.91 Å². The Balaban J connectivity index is 1.42. The first-order valence-corrected chi connectivity index (χ1v) is 11.8. The van der Waals surface area contributed by atoms with E-state index in [1.165, 1.54) is 0 Å². The molecule has 0 atom stereocenters. The second kappa shape index (κ2) is 8.50. The van der Waals surface area contributed by atoms with Crippen LogP contribution in [0.25, 0.3) is 5.57 Å². The molecule has 0 unspecified atom stereocenters. The summed E-state index contributed by atoms with van der Waals surface area (Å²) in [7, 11) is 1.70. The van der Waals surface area contributed by atoms with Gasteiger partial charge in [-0.05, 0) is 59.0 Å². The van der Waals surface area contributed by atoms with Gasteiger partial charge < -0.3 is 9.64 Å². The number of ether oxygens (including phenoxy) is 1. The topological polar surface area (TPSA) is 73.6 Å². The van der Waals surface area contributed by atoms with Crippen LogP contribution < -0.4 is 0 Å². The third-order valence-electron chi connectivity index (χ3n) is 7.61.